The van der Waals surface area contributed by atoms with Gasteiger partial charge in [-0.05, 0) is 25.2 Å². The summed E-state index contributed by atoms with van der Waals surface area (Å²) in [5, 5.41) is 0. The van der Waals surface area contributed by atoms with E-state index in [1.807, 2.05) is 6.92 Å². The molecule has 0 rings (SSSR count). The fraction of sp³-hybridized carbons (Fsp3) is 0.933. The second-order valence-electron chi connectivity index (χ2n) is 5.26. The Morgan fingerprint density at radius 1 is 0.842 bits per heavy atom. The van der Waals surface area contributed by atoms with E-state index in [2.05, 4.69) is 13.8 Å². The van der Waals surface area contributed by atoms with Crippen LogP contribution in [-0.4, -0.2) is 18.0 Å². The van der Waals surface area contributed by atoms with Gasteiger partial charge >= 0.3 is 0 Å². The van der Waals surface area contributed by atoms with E-state index < -0.39 is 16.5 Å². The molecular weight excluding hydrogens is 280 g/mol. The van der Waals surface area contributed by atoms with Crippen molar-refractivity contribution in [2.45, 2.75) is 77.8 Å². The SMILES string of the molecule is CCCCCCP(F)[CH]C(C)P(F)CCCCCC. The Kier molecular flexibility index (Phi) is 14.2. The van der Waals surface area contributed by atoms with Crippen LogP contribution in [0.2, 0.25) is 0 Å². The lowest BCUT2D eigenvalue weighted by molar-refractivity contribution is 0.695. The quantitative estimate of drug-likeness (QED) is 0.245. The molecule has 0 amide bonds. The van der Waals surface area contributed by atoms with Gasteiger partial charge < -0.3 is 0 Å². The Morgan fingerprint density at radius 2 is 1.37 bits per heavy atom. The summed E-state index contributed by atoms with van der Waals surface area (Å²) in [6, 6.07) is 0. The first-order valence-corrected chi connectivity index (χ1v) is 10.8. The molecular formula is C15H31F2P2. The van der Waals surface area contributed by atoms with Crippen LogP contribution < -0.4 is 0 Å². The average Bonchev–Trinajstić information content (AvgIpc) is 2.39. The van der Waals surface area contributed by atoms with Gasteiger partial charge in [0.25, 0.3) is 0 Å². The summed E-state index contributed by atoms with van der Waals surface area (Å²) in [5.74, 6) is 0. The van der Waals surface area contributed by atoms with E-state index in [4.69, 9.17) is 0 Å². The van der Waals surface area contributed by atoms with Crippen molar-refractivity contribution in [2.75, 3.05) is 12.3 Å². The van der Waals surface area contributed by atoms with Crippen LogP contribution in [-0.2, 0) is 0 Å². The van der Waals surface area contributed by atoms with E-state index in [-0.39, 0.29) is 5.66 Å². The predicted octanol–water partition coefficient (Wildman–Crippen LogP) is 7.43. The highest BCUT2D eigenvalue weighted by Gasteiger charge is 2.21. The second kappa shape index (κ2) is 13.7. The number of halogens is 2. The minimum Gasteiger partial charge on any atom is -0.227 e. The lowest BCUT2D eigenvalue weighted by Gasteiger charge is -2.17. The van der Waals surface area contributed by atoms with E-state index in [9.17, 15) is 8.39 Å². The maximum Gasteiger partial charge on any atom is 0.0859 e. The van der Waals surface area contributed by atoms with Crippen LogP contribution in [0, 0.1) is 6.16 Å². The van der Waals surface area contributed by atoms with Crippen molar-refractivity contribution in [3.63, 3.8) is 0 Å². The van der Waals surface area contributed by atoms with Gasteiger partial charge in [-0.25, -0.2) is 8.39 Å². The fourth-order valence-electron chi connectivity index (χ4n) is 1.96. The fourth-order valence-corrected chi connectivity index (χ4v) is 5.05. The zero-order valence-corrected chi connectivity index (χ0v) is 14.7. The highest BCUT2D eigenvalue weighted by Crippen LogP contribution is 2.53. The highest BCUT2D eigenvalue weighted by molar-refractivity contribution is 7.58. The zero-order valence-electron chi connectivity index (χ0n) is 12.9. The molecule has 1 radical (unpaired) electrons. The summed E-state index contributed by atoms with van der Waals surface area (Å²) >= 11 is 0. The number of rotatable bonds is 13. The third-order valence-corrected chi connectivity index (χ3v) is 6.80. The smallest absolute Gasteiger partial charge is 0.0859 e. The first-order chi connectivity index (χ1) is 9.11. The summed E-state index contributed by atoms with van der Waals surface area (Å²) in [6.45, 7) is 6.16. The number of unbranched alkanes of at least 4 members (excludes halogenated alkanes) is 6. The summed E-state index contributed by atoms with van der Waals surface area (Å²) in [5.41, 5.74) is -0.154. The van der Waals surface area contributed by atoms with Crippen molar-refractivity contribution in [1.82, 2.24) is 0 Å². The molecule has 115 valence electrons. The normalized spacial score (nSPS) is 16.3. The molecule has 0 N–H and O–H groups in total. The van der Waals surface area contributed by atoms with Gasteiger partial charge in [0.05, 0.1) is 16.5 Å². The maximum absolute atomic E-state index is 13.9. The van der Waals surface area contributed by atoms with Crippen molar-refractivity contribution in [3.8, 4) is 0 Å². The van der Waals surface area contributed by atoms with E-state index in [1.54, 1.807) is 6.16 Å². The zero-order chi connectivity index (χ0) is 14.5. The van der Waals surface area contributed by atoms with Crippen LogP contribution in [0.15, 0.2) is 0 Å². The van der Waals surface area contributed by atoms with Crippen molar-refractivity contribution in [3.05, 3.63) is 6.16 Å². The van der Waals surface area contributed by atoms with E-state index in [1.165, 1.54) is 25.7 Å². The standard InChI is InChI=1S/C15H31F2P2/c1-4-6-8-10-12-18(16)14-15(3)19(17)13-11-9-7-5-2/h14-15H,4-13H2,1-3H3. The van der Waals surface area contributed by atoms with E-state index in [0.717, 1.165) is 25.7 Å². The van der Waals surface area contributed by atoms with Crippen molar-refractivity contribution >= 4 is 16.5 Å². The maximum atomic E-state index is 13.9. The molecule has 0 aliphatic carbocycles. The topological polar surface area (TPSA) is 0 Å². The summed E-state index contributed by atoms with van der Waals surface area (Å²) < 4.78 is 27.6. The van der Waals surface area contributed by atoms with Gasteiger partial charge in [-0.1, -0.05) is 59.3 Å². The molecule has 0 saturated carbocycles. The highest BCUT2D eigenvalue weighted by atomic mass is 31.2. The Morgan fingerprint density at radius 3 is 1.89 bits per heavy atom. The lowest BCUT2D eigenvalue weighted by atomic mass is 10.2. The van der Waals surface area contributed by atoms with Crippen molar-refractivity contribution < 1.29 is 8.39 Å². The third kappa shape index (κ3) is 12.2. The minimum absolute atomic E-state index is 0.154. The Hall–Kier alpha value is 0.720. The van der Waals surface area contributed by atoms with Crippen LogP contribution in [0.25, 0.3) is 0 Å². The summed E-state index contributed by atoms with van der Waals surface area (Å²) in [4.78, 5) is 0. The molecule has 0 aliphatic rings. The summed E-state index contributed by atoms with van der Waals surface area (Å²) in [6.07, 6.45) is 11.9. The Bertz CT molecular complexity index is 191. The van der Waals surface area contributed by atoms with Gasteiger partial charge in [-0.15, -0.1) is 0 Å². The Labute approximate surface area is 121 Å². The average molecular weight is 311 g/mol. The van der Waals surface area contributed by atoms with E-state index in [0.29, 0.717) is 12.3 Å². The van der Waals surface area contributed by atoms with Crippen molar-refractivity contribution in [2.24, 2.45) is 0 Å². The first kappa shape index (κ1) is 19.7. The molecule has 0 nitrogen and oxygen atoms in total. The predicted molar refractivity (Wildman–Crippen MR) is 87.8 cm³/mol. The molecule has 0 aromatic rings. The van der Waals surface area contributed by atoms with Crippen LogP contribution in [0.5, 0.6) is 0 Å². The number of hydrogen-bond acceptors (Lipinski definition) is 0. The van der Waals surface area contributed by atoms with Crippen molar-refractivity contribution in [1.29, 1.82) is 0 Å². The van der Waals surface area contributed by atoms with Crippen LogP contribution in [0.4, 0.5) is 8.39 Å². The van der Waals surface area contributed by atoms with Crippen LogP contribution in [0.1, 0.15) is 72.1 Å². The molecule has 0 saturated heterocycles. The molecule has 0 aromatic carbocycles. The molecule has 0 bridgehead atoms. The van der Waals surface area contributed by atoms with Gasteiger partial charge in [0.1, 0.15) is 0 Å². The third-order valence-electron chi connectivity index (χ3n) is 3.27. The first-order valence-electron chi connectivity index (χ1n) is 7.81. The largest absolute Gasteiger partial charge is 0.227 e. The summed E-state index contributed by atoms with van der Waals surface area (Å²) in [7, 11) is -3.03. The molecule has 3 unspecified atom stereocenters. The molecule has 0 aliphatic heterocycles. The van der Waals surface area contributed by atoms with E-state index >= 15 is 0 Å². The monoisotopic (exact) mass is 311 g/mol. The molecule has 3 atom stereocenters. The van der Waals surface area contributed by atoms with Gasteiger partial charge in [-0.2, -0.15) is 0 Å². The van der Waals surface area contributed by atoms with Gasteiger partial charge in [0.15, 0.2) is 0 Å². The molecule has 0 fully saturated rings. The molecule has 0 aromatic heterocycles. The van der Waals surface area contributed by atoms with Crippen LogP contribution in [0.3, 0.4) is 0 Å². The molecule has 19 heavy (non-hydrogen) atoms. The lowest BCUT2D eigenvalue weighted by Crippen LogP contribution is -2.00. The van der Waals surface area contributed by atoms with Gasteiger partial charge in [0, 0.05) is 11.8 Å². The molecule has 0 spiro atoms. The molecule has 4 heteroatoms. The van der Waals surface area contributed by atoms with Gasteiger partial charge in [0.2, 0.25) is 0 Å². The number of hydrogen-bond donors (Lipinski definition) is 0. The van der Waals surface area contributed by atoms with Crippen LogP contribution >= 0.6 is 16.5 Å². The Balaban J connectivity index is 3.60. The van der Waals surface area contributed by atoms with Gasteiger partial charge in [-0.3, -0.25) is 0 Å². The molecule has 0 heterocycles. The minimum atomic E-state index is -1.54. The second-order valence-corrected chi connectivity index (χ2v) is 8.86.